The van der Waals surface area contributed by atoms with Gasteiger partial charge in [-0.05, 0) is 38.1 Å². The Bertz CT molecular complexity index is 512. The van der Waals surface area contributed by atoms with Gasteiger partial charge in [0, 0.05) is 24.7 Å². The molecule has 0 bridgehead atoms. The van der Waals surface area contributed by atoms with Crippen LogP contribution in [0.15, 0.2) is 18.2 Å². The van der Waals surface area contributed by atoms with Crippen molar-refractivity contribution in [3.05, 3.63) is 23.8 Å². The lowest BCUT2D eigenvalue weighted by Crippen LogP contribution is -2.42. The smallest absolute Gasteiger partial charge is 0.414 e. The van der Waals surface area contributed by atoms with Crippen LogP contribution in [0.3, 0.4) is 0 Å². The SMILES string of the molecule is COc1ccc2c(c1)N(CCN1CCCCC1)C(=O)OC2. The molecule has 5 nitrogen and oxygen atoms in total. The van der Waals surface area contributed by atoms with E-state index >= 15 is 0 Å². The highest BCUT2D eigenvalue weighted by molar-refractivity contribution is 5.90. The number of ether oxygens (including phenoxy) is 2. The first-order valence-corrected chi connectivity index (χ1v) is 7.61. The minimum absolute atomic E-state index is 0.257. The van der Waals surface area contributed by atoms with Gasteiger partial charge >= 0.3 is 6.09 Å². The average Bonchev–Trinajstić information content (AvgIpc) is 2.54. The predicted molar refractivity (Wildman–Crippen MR) is 80.8 cm³/mol. The first-order valence-electron chi connectivity index (χ1n) is 7.61. The Balaban J connectivity index is 1.73. The van der Waals surface area contributed by atoms with E-state index in [9.17, 15) is 4.79 Å². The van der Waals surface area contributed by atoms with Crippen LogP contribution < -0.4 is 9.64 Å². The van der Waals surface area contributed by atoms with Crippen molar-refractivity contribution in [3.8, 4) is 5.75 Å². The maximum absolute atomic E-state index is 12.1. The third kappa shape index (κ3) is 3.13. The number of carbonyl (C=O) groups excluding carboxylic acids is 1. The molecule has 21 heavy (non-hydrogen) atoms. The standard InChI is InChI=1S/C16H22N2O3/c1-20-14-6-5-13-12-21-16(19)18(15(13)11-14)10-9-17-7-3-2-4-8-17/h5-6,11H,2-4,7-10,12H2,1H3. The number of rotatable bonds is 4. The van der Waals surface area contributed by atoms with Crippen molar-refractivity contribution in [3.63, 3.8) is 0 Å². The average molecular weight is 290 g/mol. The molecular weight excluding hydrogens is 268 g/mol. The van der Waals surface area contributed by atoms with Gasteiger partial charge in [-0.15, -0.1) is 0 Å². The number of cyclic esters (lactones) is 1. The van der Waals surface area contributed by atoms with Crippen molar-refractivity contribution < 1.29 is 14.3 Å². The fourth-order valence-corrected chi connectivity index (χ4v) is 3.00. The summed E-state index contributed by atoms with van der Waals surface area (Å²) >= 11 is 0. The molecule has 5 heteroatoms. The molecule has 3 rings (SSSR count). The molecule has 0 aromatic heterocycles. The number of fused-ring (bicyclic) bond motifs is 1. The van der Waals surface area contributed by atoms with E-state index in [0.29, 0.717) is 13.2 Å². The molecule has 1 amide bonds. The van der Waals surface area contributed by atoms with Gasteiger partial charge < -0.3 is 14.4 Å². The Kier molecular flexibility index (Phi) is 4.29. The lowest BCUT2D eigenvalue weighted by molar-refractivity contribution is 0.139. The maximum Gasteiger partial charge on any atom is 0.414 e. The van der Waals surface area contributed by atoms with Gasteiger partial charge in [0.05, 0.1) is 12.8 Å². The molecule has 2 aliphatic heterocycles. The maximum atomic E-state index is 12.1. The van der Waals surface area contributed by atoms with E-state index in [2.05, 4.69) is 4.90 Å². The number of anilines is 1. The second kappa shape index (κ2) is 6.35. The largest absolute Gasteiger partial charge is 0.497 e. The summed E-state index contributed by atoms with van der Waals surface area (Å²) in [7, 11) is 1.64. The molecule has 114 valence electrons. The molecule has 0 radical (unpaired) electrons. The molecule has 0 N–H and O–H groups in total. The number of nitrogens with zero attached hydrogens (tertiary/aromatic N) is 2. The van der Waals surface area contributed by atoms with Crippen LogP contribution in [0.1, 0.15) is 24.8 Å². The summed E-state index contributed by atoms with van der Waals surface area (Å²) in [6.45, 7) is 4.17. The number of hydrogen-bond acceptors (Lipinski definition) is 4. The van der Waals surface area contributed by atoms with Gasteiger partial charge in [-0.3, -0.25) is 4.90 Å². The number of methoxy groups -OCH3 is 1. The summed E-state index contributed by atoms with van der Waals surface area (Å²) in [6, 6.07) is 5.79. The molecule has 0 unspecified atom stereocenters. The van der Waals surface area contributed by atoms with E-state index in [1.165, 1.54) is 19.3 Å². The minimum atomic E-state index is -0.257. The second-order valence-electron chi connectivity index (χ2n) is 5.60. The Morgan fingerprint density at radius 2 is 2.00 bits per heavy atom. The van der Waals surface area contributed by atoms with Crippen molar-refractivity contribution in [2.24, 2.45) is 0 Å². The number of benzene rings is 1. The number of piperidine rings is 1. The third-order valence-corrected chi connectivity index (χ3v) is 4.24. The van der Waals surface area contributed by atoms with Crippen LogP contribution in [0.25, 0.3) is 0 Å². The lowest BCUT2D eigenvalue weighted by Gasteiger charge is -2.32. The van der Waals surface area contributed by atoms with Crippen LogP contribution in [0, 0.1) is 0 Å². The molecular formula is C16H22N2O3. The molecule has 1 aromatic rings. The van der Waals surface area contributed by atoms with Crippen molar-refractivity contribution in [2.45, 2.75) is 25.9 Å². The summed E-state index contributed by atoms with van der Waals surface area (Å²) in [6.07, 6.45) is 3.58. The van der Waals surface area contributed by atoms with Crippen molar-refractivity contribution in [1.29, 1.82) is 0 Å². The monoisotopic (exact) mass is 290 g/mol. The molecule has 1 saturated heterocycles. The predicted octanol–water partition coefficient (Wildman–Crippen LogP) is 2.64. The second-order valence-corrected chi connectivity index (χ2v) is 5.60. The molecule has 2 aliphatic rings. The fourth-order valence-electron chi connectivity index (χ4n) is 3.00. The molecule has 0 spiro atoms. The molecule has 2 heterocycles. The van der Waals surface area contributed by atoms with Crippen molar-refractivity contribution in [1.82, 2.24) is 4.90 Å². The van der Waals surface area contributed by atoms with Gasteiger partial charge in [0.15, 0.2) is 0 Å². The summed E-state index contributed by atoms with van der Waals surface area (Å²) in [5, 5.41) is 0. The third-order valence-electron chi connectivity index (χ3n) is 4.24. The Morgan fingerprint density at radius 3 is 2.76 bits per heavy atom. The Hall–Kier alpha value is -1.75. The highest BCUT2D eigenvalue weighted by Crippen LogP contribution is 2.30. The number of likely N-dealkylation sites (tertiary alicyclic amines) is 1. The lowest BCUT2D eigenvalue weighted by atomic mass is 10.1. The zero-order valence-electron chi connectivity index (χ0n) is 12.5. The molecule has 1 fully saturated rings. The van der Waals surface area contributed by atoms with Gasteiger partial charge in [0.1, 0.15) is 12.4 Å². The van der Waals surface area contributed by atoms with Crippen LogP contribution in [-0.4, -0.2) is 44.3 Å². The van der Waals surface area contributed by atoms with Gasteiger partial charge in [0.2, 0.25) is 0 Å². The van der Waals surface area contributed by atoms with Gasteiger partial charge in [0.25, 0.3) is 0 Å². The molecule has 0 saturated carbocycles. The van der Waals surface area contributed by atoms with Crippen LogP contribution >= 0.6 is 0 Å². The highest BCUT2D eigenvalue weighted by Gasteiger charge is 2.26. The van der Waals surface area contributed by atoms with E-state index in [1.807, 2.05) is 18.2 Å². The van der Waals surface area contributed by atoms with Crippen molar-refractivity contribution in [2.75, 3.05) is 38.2 Å². The zero-order chi connectivity index (χ0) is 14.7. The van der Waals surface area contributed by atoms with Crippen molar-refractivity contribution >= 4 is 11.8 Å². The van der Waals surface area contributed by atoms with E-state index in [-0.39, 0.29) is 6.09 Å². The number of hydrogen-bond donors (Lipinski definition) is 0. The Labute approximate surface area is 125 Å². The van der Waals surface area contributed by atoms with E-state index < -0.39 is 0 Å². The minimum Gasteiger partial charge on any atom is -0.497 e. The van der Waals surface area contributed by atoms with Crippen LogP contribution in [-0.2, 0) is 11.3 Å². The zero-order valence-corrected chi connectivity index (χ0v) is 12.5. The summed E-state index contributed by atoms with van der Waals surface area (Å²) in [5.41, 5.74) is 1.96. The quantitative estimate of drug-likeness (QED) is 0.855. The first kappa shape index (κ1) is 14.2. The van der Waals surface area contributed by atoms with Gasteiger partial charge in [-0.25, -0.2) is 4.79 Å². The van der Waals surface area contributed by atoms with Crippen LogP contribution in [0.2, 0.25) is 0 Å². The number of carbonyl (C=O) groups is 1. The fraction of sp³-hybridized carbons (Fsp3) is 0.562. The molecule has 1 aromatic carbocycles. The summed E-state index contributed by atoms with van der Waals surface area (Å²) in [4.78, 5) is 16.2. The van der Waals surface area contributed by atoms with Gasteiger partial charge in [-0.1, -0.05) is 6.42 Å². The molecule has 0 atom stereocenters. The summed E-state index contributed by atoms with van der Waals surface area (Å²) in [5.74, 6) is 0.770. The van der Waals surface area contributed by atoms with E-state index in [1.54, 1.807) is 12.0 Å². The summed E-state index contributed by atoms with van der Waals surface area (Å²) < 4.78 is 10.5. The first-order chi connectivity index (χ1) is 10.3. The van der Waals surface area contributed by atoms with E-state index in [0.717, 1.165) is 36.6 Å². The number of amides is 1. The molecule has 0 aliphatic carbocycles. The van der Waals surface area contributed by atoms with E-state index in [4.69, 9.17) is 9.47 Å². The topological polar surface area (TPSA) is 42.0 Å². The normalized spacial score (nSPS) is 19.1. The Morgan fingerprint density at radius 1 is 1.19 bits per heavy atom. The van der Waals surface area contributed by atoms with Crippen LogP contribution in [0.4, 0.5) is 10.5 Å². The van der Waals surface area contributed by atoms with Crippen LogP contribution in [0.5, 0.6) is 5.75 Å². The highest BCUT2D eigenvalue weighted by atomic mass is 16.6. The van der Waals surface area contributed by atoms with Gasteiger partial charge in [-0.2, -0.15) is 0 Å².